The van der Waals surface area contributed by atoms with Gasteiger partial charge in [-0.3, -0.25) is 0 Å². The van der Waals surface area contributed by atoms with E-state index in [2.05, 4.69) is 12.2 Å². The third-order valence-corrected chi connectivity index (χ3v) is 3.56. The van der Waals surface area contributed by atoms with Gasteiger partial charge in [0.15, 0.2) is 0 Å². The number of hydrogen-bond acceptors (Lipinski definition) is 0. The zero-order valence-electron chi connectivity index (χ0n) is 7.97. The van der Waals surface area contributed by atoms with Crippen molar-refractivity contribution in [3.63, 3.8) is 0 Å². The molecule has 0 spiro atoms. The molecule has 1 fully saturated rings. The first-order chi connectivity index (χ1) is 5.95. The van der Waals surface area contributed by atoms with Gasteiger partial charge in [-0.05, 0) is 37.5 Å². The summed E-state index contributed by atoms with van der Waals surface area (Å²) in [5.74, 6) is 2.06. The van der Waals surface area contributed by atoms with E-state index in [0.29, 0.717) is 0 Å². The lowest BCUT2D eigenvalue weighted by molar-refractivity contribution is 0.307. The van der Waals surface area contributed by atoms with Crippen molar-refractivity contribution in [3.8, 4) is 0 Å². The first-order valence-corrected chi connectivity index (χ1v) is 5.60. The highest BCUT2D eigenvalue weighted by atomic mass is 14.2. The van der Waals surface area contributed by atoms with E-state index in [1.807, 2.05) is 0 Å². The number of allylic oxidation sites excluding steroid dienone is 2. The topological polar surface area (TPSA) is 0 Å². The fraction of sp³-hybridized carbons (Fsp3) is 0.833. The Labute approximate surface area is 76.1 Å². The summed E-state index contributed by atoms with van der Waals surface area (Å²) < 4.78 is 0. The molecule has 0 aliphatic heterocycles. The van der Waals surface area contributed by atoms with Crippen LogP contribution >= 0.6 is 0 Å². The zero-order chi connectivity index (χ0) is 8.23. The first-order valence-electron chi connectivity index (χ1n) is 5.60. The molecule has 2 unspecified atom stereocenters. The van der Waals surface area contributed by atoms with Crippen molar-refractivity contribution < 1.29 is 0 Å². The average Bonchev–Trinajstić information content (AvgIpc) is 2.03. The lowest BCUT2D eigenvalue weighted by Crippen LogP contribution is -2.11. The van der Waals surface area contributed by atoms with Gasteiger partial charge in [0.05, 0.1) is 0 Å². The summed E-state index contributed by atoms with van der Waals surface area (Å²) in [6, 6.07) is 0. The monoisotopic (exact) mass is 164 g/mol. The molecule has 0 heteroatoms. The molecular weight excluding hydrogens is 144 g/mol. The summed E-state index contributed by atoms with van der Waals surface area (Å²) in [6.07, 6.45) is 16.6. The Hall–Kier alpha value is -0.260. The van der Waals surface area contributed by atoms with E-state index in [1.54, 1.807) is 0 Å². The lowest BCUT2D eigenvalue weighted by Gasteiger charge is -2.25. The molecule has 0 heterocycles. The summed E-state index contributed by atoms with van der Waals surface area (Å²) >= 11 is 0. The molecule has 12 heavy (non-hydrogen) atoms. The highest BCUT2D eigenvalue weighted by molar-refractivity contribution is 4.89. The van der Waals surface area contributed by atoms with Crippen LogP contribution in [0.3, 0.4) is 0 Å². The van der Waals surface area contributed by atoms with Crippen LogP contribution in [0.1, 0.15) is 51.4 Å². The van der Waals surface area contributed by atoms with Gasteiger partial charge in [-0.15, -0.1) is 0 Å². The second-order valence-electron chi connectivity index (χ2n) is 4.54. The van der Waals surface area contributed by atoms with Crippen molar-refractivity contribution in [1.29, 1.82) is 0 Å². The average molecular weight is 164 g/mol. The number of rotatable bonds is 0. The predicted molar refractivity (Wildman–Crippen MR) is 53.1 cm³/mol. The summed E-state index contributed by atoms with van der Waals surface area (Å²) in [4.78, 5) is 0. The third-order valence-electron chi connectivity index (χ3n) is 3.56. The molecule has 0 saturated heterocycles. The maximum atomic E-state index is 2.43. The van der Waals surface area contributed by atoms with Gasteiger partial charge in [-0.1, -0.05) is 37.8 Å². The molecule has 0 aromatic rings. The molecule has 68 valence electrons. The summed E-state index contributed by atoms with van der Waals surface area (Å²) in [5.41, 5.74) is 0. The van der Waals surface area contributed by atoms with Crippen LogP contribution in [0.25, 0.3) is 0 Å². The highest BCUT2D eigenvalue weighted by Gasteiger charge is 2.17. The molecule has 2 aliphatic rings. The Morgan fingerprint density at radius 3 is 1.67 bits per heavy atom. The molecule has 1 saturated carbocycles. The van der Waals surface area contributed by atoms with Gasteiger partial charge in [0.1, 0.15) is 0 Å². The number of hydrogen-bond donors (Lipinski definition) is 0. The van der Waals surface area contributed by atoms with Crippen molar-refractivity contribution in [3.05, 3.63) is 12.2 Å². The normalized spacial score (nSPS) is 36.7. The Bertz CT molecular complexity index is 139. The third kappa shape index (κ3) is 2.12. The minimum atomic E-state index is 1.03. The Morgan fingerprint density at radius 1 is 0.667 bits per heavy atom. The van der Waals surface area contributed by atoms with Crippen molar-refractivity contribution >= 4 is 0 Å². The van der Waals surface area contributed by atoms with E-state index in [1.165, 1.54) is 51.4 Å². The maximum Gasteiger partial charge on any atom is -0.0322 e. The van der Waals surface area contributed by atoms with E-state index in [4.69, 9.17) is 0 Å². The minimum absolute atomic E-state index is 1.03. The summed E-state index contributed by atoms with van der Waals surface area (Å²) in [5, 5.41) is 0. The van der Waals surface area contributed by atoms with Gasteiger partial charge in [-0.2, -0.15) is 0 Å². The second kappa shape index (κ2) is 4.11. The fourth-order valence-corrected chi connectivity index (χ4v) is 2.67. The zero-order valence-corrected chi connectivity index (χ0v) is 7.97. The van der Waals surface area contributed by atoms with Crippen LogP contribution in [0, 0.1) is 11.8 Å². The van der Waals surface area contributed by atoms with Crippen LogP contribution in [-0.4, -0.2) is 0 Å². The summed E-state index contributed by atoms with van der Waals surface area (Å²) in [7, 11) is 0. The van der Waals surface area contributed by atoms with E-state index < -0.39 is 0 Å². The number of fused-ring (bicyclic) bond motifs is 3. The van der Waals surface area contributed by atoms with Crippen LogP contribution in [0.15, 0.2) is 12.2 Å². The molecular formula is C12H20. The highest BCUT2D eigenvalue weighted by Crippen LogP contribution is 2.32. The molecule has 0 N–H and O–H groups in total. The van der Waals surface area contributed by atoms with Gasteiger partial charge in [0, 0.05) is 0 Å². The van der Waals surface area contributed by atoms with Crippen molar-refractivity contribution in [1.82, 2.24) is 0 Å². The molecule has 0 aromatic carbocycles. The maximum absolute atomic E-state index is 2.43. The van der Waals surface area contributed by atoms with Crippen LogP contribution in [-0.2, 0) is 0 Å². The van der Waals surface area contributed by atoms with E-state index in [0.717, 1.165) is 11.8 Å². The van der Waals surface area contributed by atoms with Crippen molar-refractivity contribution in [2.45, 2.75) is 51.4 Å². The van der Waals surface area contributed by atoms with Crippen LogP contribution < -0.4 is 0 Å². The van der Waals surface area contributed by atoms with Crippen LogP contribution in [0.4, 0.5) is 0 Å². The Kier molecular flexibility index (Phi) is 2.86. The van der Waals surface area contributed by atoms with E-state index in [-0.39, 0.29) is 0 Å². The van der Waals surface area contributed by atoms with E-state index >= 15 is 0 Å². The quantitative estimate of drug-likeness (QED) is 0.476. The van der Waals surface area contributed by atoms with Crippen LogP contribution in [0.5, 0.6) is 0 Å². The molecule has 0 aromatic heterocycles. The van der Waals surface area contributed by atoms with Gasteiger partial charge in [-0.25, -0.2) is 0 Å². The smallest absolute Gasteiger partial charge is 0.0322 e. The van der Waals surface area contributed by atoms with Crippen molar-refractivity contribution in [2.24, 2.45) is 11.8 Å². The predicted octanol–water partition coefficient (Wildman–Crippen LogP) is 3.92. The molecule has 0 amide bonds. The van der Waals surface area contributed by atoms with Gasteiger partial charge < -0.3 is 0 Å². The van der Waals surface area contributed by atoms with Crippen LogP contribution in [0.2, 0.25) is 0 Å². The Morgan fingerprint density at radius 2 is 1.17 bits per heavy atom. The molecule has 2 rings (SSSR count). The molecule has 2 bridgehead atoms. The molecule has 2 aliphatic carbocycles. The van der Waals surface area contributed by atoms with Gasteiger partial charge in [0.25, 0.3) is 0 Å². The Balaban J connectivity index is 2.02. The second-order valence-corrected chi connectivity index (χ2v) is 4.54. The SMILES string of the molecule is C1=CCC2CCCCC(C1)CC2. The van der Waals surface area contributed by atoms with Gasteiger partial charge >= 0.3 is 0 Å². The van der Waals surface area contributed by atoms with E-state index in [9.17, 15) is 0 Å². The summed E-state index contributed by atoms with van der Waals surface area (Å²) in [6.45, 7) is 0. The van der Waals surface area contributed by atoms with Gasteiger partial charge in [0.2, 0.25) is 0 Å². The standard InChI is InChI=1S/C12H20/c1-2-6-12-8-4-3-7-11(5-1)9-10-12/h1-2,11-12H,3-10H2. The van der Waals surface area contributed by atoms with Crippen molar-refractivity contribution in [2.75, 3.05) is 0 Å². The molecule has 2 atom stereocenters. The first kappa shape index (κ1) is 8.34. The minimum Gasteiger partial charge on any atom is -0.0883 e. The molecule has 0 nitrogen and oxygen atoms in total. The lowest BCUT2D eigenvalue weighted by atomic mass is 9.81. The molecule has 0 radical (unpaired) electrons. The largest absolute Gasteiger partial charge is 0.0883 e. The fourth-order valence-electron chi connectivity index (χ4n) is 2.67.